The van der Waals surface area contributed by atoms with Crippen molar-refractivity contribution in [2.75, 3.05) is 12.4 Å². The van der Waals surface area contributed by atoms with Crippen LogP contribution in [-0.2, 0) is 0 Å². The Morgan fingerprint density at radius 2 is 2.07 bits per heavy atom. The molecule has 0 radical (unpaired) electrons. The zero-order valence-electron chi connectivity index (χ0n) is 16.1. The van der Waals surface area contributed by atoms with E-state index in [9.17, 15) is 9.90 Å². The Morgan fingerprint density at radius 3 is 2.77 bits per heavy atom. The molecule has 3 aromatic heterocycles. The minimum atomic E-state index is -0.490. The average Bonchev–Trinajstić information content (AvgIpc) is 3.17. The van der Waals surface area contributed by atoms with Gasteiger partial charge in [0, 0.05) is 23.0 Å². The van der Waals surface area contributed by atoms with Crippen molar-refractivity contribution in [1.82, 2.24) is 20.2 Å². The second-order valence-electron chi connectivity index (χ2n) is 6.71. The Labute approximate surface area is 181 Å². The van der Waals surface area contributed by atoms with Crippen molar-refractivity contribution in [3.05, 3.63) is 40.9 Å². The van der Waals surface area contributed by atoms with Gasteiger partial charge >= 0.3 is 0 Å². The standard InChI is InChI=1S/C19H18ClN5O4S/c1-9-5-10(11-6-16(20)22-8-15(11)28-2)12(7-21-9)17(27)23-18-24-25-19(30-18)29-14-4-3-13(14)26/h5-8,13-14,26H,3-4H2,1-2H3,(H,23,24,27)/t13-,14-/m1/s1. The Kier molecular flexibility index (Phi) is 5.80. The molecule has 0 bridgehead atoms. The Morgan fingerprint density at radius 1 is 1.23 bits per heavy atom. The van der Waals surface area contributed by atoms with Crippen molar-refractivity contribution < 1.29 is 19.4 Å². The van der Waals surface area contributed by atoms with E-state index in [-0.39, 0.29) is 16.4 Å². The summed E-state index contributed by atoms with van der Waals surface area (Å²) in [5.74, 6) is 0.0589. The molecule has 11 heteroatoms. The summed E-state index contributed by atoms with van der Waals surface area (Å²) < 4.78 is 11.0. The van der Waals surface area contributed by atoms with Crippen LogP contribution >= 0.6 is 22.9 Å². The number of methoxy groups -OCH3 is 1. The average molecular weight is 448 g/mol. The van der Waals surface area contributed by atoms with Gasteiger partial charge in [-0.3, -0.25) is 15.1 Å². The van der Waals surface area contributed by atoms with Gasteiger partial charge in [-0.2, -0.15) is 0 Å². The van der Waals surface area contributed by atoms with E-state index in [0.717, 1.165) is 23.5 Å². The van der Waals surface area contributed by atoms with Crippen LogP contribution < -0.4 is 14.8 Å². The zero-order valence-corrected chi connectivity index (χ0v) is 17.7. The van der Waals surface area contributed by atoms with Crippen LogP contribution in [0.4, 0.5) is 5.13 Å². The van der Waals surface area contributed by atoms with Crippen molar-refractivity contribution in [2.45, 2.75) is 32.0 Å². The number of carbonyl (C=O) groups excluding carboxylic acids is 1. The van der Waals surface area contributed by atoms with Gasteiger partial charge in [-0.1, -0.05) is 16.7 Å². The molecule has 1 amide bonds. The van der Waals surface area contributed by atoms with Crippen LogP contribution in [0.1, 0.15) is 28.9 Å². The molecule has 1 aliphatic rings. The first kappa shape index (κ1) is 20.5. The summed E-state index contributed by atoms with van der Waals surface area (Å²) in [6.45, 7) is 1.82. The van der Waals surface area contributed by atoms with Gasteiger partial charge in [0.2, 0.25) is 5.13 Å². The van der Waals surface area contributed by atoms with Crippen molar-refractivity contribution in [3.63, 3.8) is 0 Å². The normalized spacial score (nSPS) is 17.9. The summed E-state index contributed by atoms with van der Waals surface area (Å²) in [5.41, 5.74) is 2.25. The van der Waals surface area contributed by atoms with Crippen LogP contribution in [-0.4, -0.2) is 50.5 Å². The van der Waals surface area contributed by atoms with E-state index in [1.807, 2.05) is 6.92 Å². The quantitative estimate of drug-likeness (QED) is 0.553. The number of anilines is 1. The lowest BCUT2D eigenvalue weighted by atomic mass is 9.92. The number of hydrogen-bond donors (Lipinski definition) is 2. The number of aliphatic hydroxyl groups excluding tert-OH is 1. The zero-order chi connectivity index (χ0) is 21.3. The monoisotopic (exact) mass is 447 g/mol. The van der Waals surface area contributed by atoms with Crippen LogP contribution in [0.15, 0.2) is 24.5 Å². The lowest BCUT2D eigenvalue weighted by Crippen LogP contribution is -2.41. The van der Waals surface area contributed by atoms with Gasteiger partial charge in [0.15, 0.2) is 0 Å². The highest BCUT2D eigenvalue weighted by Gasteiger charge is 2.31. The minimum Gasteiger partial charge on any atom is -0.494 e. The van der Waals surface area contributed by atoms with Gasteiger partial charge in [-0.25, -0.2) is 4.98 Å². The third kappa shape index (κ3) is 4.20. The smallest absolute Gasteiger partial charge is 0.296 e. The lowest BCUT2D eigenvalue weighted by molar-refractivity contribution is -0.0365. The molecule has 1 fully saturated rings. The van der Waals surface area contributed by atoms with Gasteiger partial charge in [0.25, 0.3) is 11.1 Å². The van der Waals surface area contributed by atoms with Gasteiger partial charge in [0.1, 0.15) is 17.0 Å². The number of rotatable bonds is 6. The van der Waals surface area contributed by atoms with E-state index in [1.165, 1.54) is 19.5 Å². The molecule has 3 heterocycles. The lowest BCUT2D eigenvalue weighted by Gasteiger charge is -2.31. The van der Waals surface area contributed by atoms with Gasteiger partial charge in [0.05, 0.1) is 25.0 Å². The van der Waals surface area contributed by atoms with Crippen LogP contribution in [0.25, 0.3) is 11.1 Å². The summed E-state index contributed by atoms with van der Waals surface area (Å²) in [7, 11) is 1.52. The molecular weight excluding hydrogens is 430 g/mol. The maximum atomic E-state index is 13.0. The molecule has 0 saturated heterocycles. The number of carbonyl (C=O) groups is 1. The first-order valence-electron chi connectivity index (χ1n) is 9.10. The van der Waals surface area contributed by atoms with E-state index < -0.39 is 12.0 Å². The molecule has 0 spiro atoms. The molecule has 0 aromatic carbocycles. The number of aryl methyl sites for hydroxylation is 1. The topological polar surface area (TPSA) is 119 Å². The Balaban J connectivity index is 1.59. The van der Waals surface area contributed by atoms with Gasteiger partial charge < -0.3 is 14.6 Å². The SMILES string of the molecule is COc1cnc(Cl)cc1-c1cc(C)ncc1C(=O)Nc1nnc(O[C@@H]2CC[C@H]2O)s1. The molecule has 156 valence electrons. The van der Waals surface area contributed by atoms with E-state index >= 15 is 0 Å². The van der Waals surface area contributed by atoms with Crippen molar-refractivity contribution in [2.24, 2.45) is 0 Å². The maximum absolute atomic E-state index is 13.0. The number of aliphatic hydroxyl groups is 1. The Hall–Kier alpha value is -2.82. The molecule has 0 unspecified atom stereocenters. The second-order valence-corrected chi connectivity index (χ2v) is 8.03. The molecule has 0 aliphatic heterocycles. The van der Waals surface area contributed by atoms with Crippen molar-refractivity contribution in [1.29, 1.82) is 0 Å². The number of pyridine rings is 2. The summed E-state index contributed by atoms with van der Waals surface area (Å²) in [5, 5.41) is 21.0. The second kappa shape index (κ2) is 8.50. The number of nitrogens with one attached hydrogen (secondary N) is 1. The molecule has 2 N–H and O–H groups in total. The number of halogens is 1. The molecule has 2 atom stereocenters. The predicted molar refractivity (Wildman–Crippen MR) is 111 cm³/mol. The summed E-state index contributed by atoms with van der Waals surface area (Å²) >= 11 is 7.15. The van der Waals surface area contributed by atoms with E-state index in [1.54, 1.807) is 12.1 Å². The van der Waals surface area contributed by atoms with Crippen LogP contribution in [0.2, 0.25) is 5.15 Å². The molecule has 9 nitrogen and oxygen atoms in total. The van der Waals surface area contributed by atoms with E-state index in [4.69, 9.17) is 21.1 Å². The van der Waals surface area contributed by atoms with Crippen LogP contribution in [0.3, 0.4) is 0 Å². The summed E-state index contributed by atoms with van der Waals surface area (Å²) in [6, 6.07) is 3.41. The molecule has 30 heavy (non-hydrogen) atoms. The van der Waals surface area contributed by atoms with E-state index in [2.05, 4.69) is 25.5 Å². The Bertz CT molecular complexity index is 1090. The summed E-state index contributed by atoms with van der Waals surface area (Å²) in [4.78, 5) is 21.2. The minimum absolute atomic E-state index is 0.273. The highest BCUT2D eigenvalue weighted by atomic mass is 35.5. The highest BCUT2D eigenvalue weighted by molar-refractivity contribution is 7.17. The fourth-order valence-electron chi connectivity index (χ4n) is 2.95. The third-order valence-corrected chi connectivity index (χ3v) is 5.62. The fraction of sp³-hybridized carbons (Fsp3) is 0.316. The molecular formula is C19H18ClN5O4S. The predicted octanol–water partition coefficient (Wildman–Crippen LogP) is 3.12. The fourth-order valence-corrected chi connectivity index (χ4v) is 3.75. The van der Waals surface area contributed by atoms with Crippen LogP contribution in [0.5, 0.6) is 10.9 Å². The highest BCUT2D eigenvalue weighted by Crippen LogP contribution is 2.35. The molecule has 3 aromatic rings. The van der Waals surface area contributed by atoms with Gasteiger partial charge in [-0.15, -0.1) is 5.10 Å². The molecule has 1 saturated carbocycles. The van der Waals surface area contributed by atoms with Gasteiger partial charge in [-0.05, 0) is 43.2 Å². The first-order valence-corrected chi connectivity index (χ1v) is 10.3. The number of ether oxygens (including phenoxy) is 2. The number of nitrogens with zero attached hydrogens (tertiary/aromatic N) is 4. The first-order chi connectivity index (χ1) is 14.4. The number of hydrogen-bond acceptors (Lipinski definition) is 9. The van der Waals surface area contributed by atoms with Crippen molar-refractivity contribution >= 4 is 34.0 Å². The summed E-state index contributed by atoms with van der Waals surface area (Å²) in [6.07, 6.45) is 3.68. The van der Waals surface area contributed by atoms with Crippen molar-refractivity contribution in [3.8, 4) is 22.1 Å². The molecule has 1 aliphatic carbocycles. The third-order valence-electron chi connectivity index (χ3n) is 4.68. The van der Waals surface area contributed by atoms with Crippen LogP contribution in [0, 0.1) is 6.92 Å². The number of aromatic nitrogens is 4. The maximum Gasteiger partial charge on any atom is 0.296 e. The number of amides is 1. The molecule has 4 rings (SSSR count). The largest absolute Gasteiger partial charge is 0.494 e. The van der Waals surface area contributed by atoms with E-state index in [0.29, 0.717) is 34.1 Å².